The molecule has 66 heavy (non-hydrogen) atoms. The Morgan fingerprint density at radius 1 is 0.333 bits per heavy atom. The van der Waals surface area contributed by atoms with Crippen molar-refractivity contribution >= 4 is 51.1 Å². The van der Waals surface area contributed by atoms with Crippen molar-refractivity contribution in [1.29, 1.82) is 0 Å². The lowest BCUT2D eigenvalue weighted by atomic mass is 9.99. The number of allylic oxidation sites excluding steroid dienone is 5. The van der Waals surface area contributed by atoms with E-state index in [4.69, 9.17) is 0 Å². The van der Waals surface area contributed by atoms with Crippen LogP contribution in [0.4, 0.5) is 34.1 Å². The predicted octanol–water partition coefficient (Wildman–Crippen LogP) is 17.7. The Morgan fingerprint density at radius 3 is 1.23 bits per heavy atom. The first kappa shape index (κ1) is 41.4. The summed E-state index contributed by atoms with van der Waals surface area (Å²) in [6, 6.07) is 84.8. The van der Waals surface area contributed by atoms with Gasteiger partial charge < -0.3 is 14.4 Å². The third-order valence-electron chi connectivity index (χ3n) is 12.0. The largest absolute Gasteiger partial charge is 0.317 e. The van der Waals surface area contributed by atoms with Crippen LogP contribution in [-0.4, -0.2) is 4.57 Å². The van der Waals surface area contributed by atoms with E-state index in [0.29, 0.717) is 0 Å². The summed E-state index contributed by atoms with van der Waals surface area (Å²) < 4.78 is 2.26. The third-order valence-corrected chi connectivity index (χ3v) is 12.0. The molecule has 0 saturated carbocycles. The Kier molecular flexibility index (Phi) is 12.1. The topological polar surface area (TPSA) is 11.4 Å². The predicted molar refractivity (Wildman–Crippen MR) is 282 cm³/mol. The number of aromatic nitrogens is 1. The van der Waals surface area contributed by atoms with Gasteiger partial charge in [0.1, 0.15) is 0 Å². The molecular formula is C63H49N3. The van der Waals surface area contributed by atoms with E-state index in [1.54, 1.807) is 0 Å². The minimum Gasteiger partial charge on any atom is -0.317 e. The molecule has 1 aromatic heterocycles. The van der Waals surface area contributed by atoms with Gasteiger partial charge in [0, 0.05) is 51.4 Å². The Hall–Kier alpha value is -8.66. The van der Waals surface area contributed by atoms with E-state index < -0.39 is 0 Å². The zero-order valence-electron chi connectivity index (χ0n) is 36.9. The van der Waals surface area contributed by atoms with Gasteiger partial charge in [-0.2, -0.15) is 0 Å². The molecular weight excluding hydrogens is 799 g/mol. The average Bonchev–Trinajstić information content (AvgIpc) is 3.83. The summed E-state index contributed by atoms with van der Waals surface area (Å²) in [6.07, 6.45) is 14.5. The van der Waals surface area contributed by atoms with Crippen LogP contribution < -0.4 is 9.80 Å². The minimum atomic E-state index is 1.10. The second kappa shape index (κ2) is 19.4. The van der Waals surface area contributed by atoms with Crippen LogP contribution in [0.3, 0.4) is 0 Å². The van der Waals surface area contributed by atoms with Crippen LogP contribution in [0.2, 0.25) is 0 Å². The number of hydrogen-bond acceptors (Lipinski definition) is 2. The van der Waals surface area contributed by atoms with E-state index in [9.17, 15) is 0 Å². The van der Waals surface area contributed by atoms with Crippen LogP contribution >= 0.6 is 0 Å². The first-order valence-electron chi connectivity index (χ1n) is 22.5. The molecule has 3 nitrogen and oxygen atoms in total. The van der Waals surface area contributed by atoms with Crippen molar-refractivity contribution in [2.45, 2.75) is 6.92 Å². The summed E-state index contributed by atoms with van der Waals surface area (Å²) in [6.45, 7) is 2.02. The fraction of sp³-hybridized carbons (Fsp3) is 0.0159. The van der Waals surface area contributed by atoms with Gasteiger partial charge >= 0.3 is 0 Å². The van der Waals surface area contributed by atoms with Gasteiger partial charge in [-0.1, -0.05) is 176 Å². The Bertz CT molecular complexity index is 3240. The quantitative estimate of drug-likeness (QED) is 0.107. The maximum atomic E-state index is 2.32. The summed E-state index contributed by atoms with van der Waals surface area (Å²) >= 11 is 0. The molecule has 0 aliphatic heterocycles. The SMILES string of the molecule is C\C=C/C=C\C=C\c1ccc(N(c2ccccc2)c2ccc(-c3ccc(-c4ccc(N(c5ccccc5)c5ccc(-c6cccc7c6ccn7-c6ccccc6)cc5)cc4)cc3)cc2)cc1. The zero-order chi connectivity index (χ0) is 44.5. The normalized spacial score (nSPS) is 11.5. The molecule has 0 atom stereocenters. The lowest BCUT2D eigenvalue weighted by molar-refractivity contribution is 1.13. The van der Waals surface area contributed by atoms with Crippen molar-refractivity contribution in [1.82, 2.24) is 4.57 Å². The highest BCUT2D eigenvalue weighted by atomic mass is 15.1. The summed E-state index contributed by atoms with van der Waals surface area (Å²) in [5.41, 5.74) is 17.2. The number of anilines is 6. The second-order valence-electron chi connectivity index (χ2n) is 16.2. The lowest BCUT2D eigenvalue weighted by Gasteiger charge is -2.26. The summed E-state index contributed by atoms with van der Waals surface area (Å²) in [4.78, 5) is 4.63. The smallest absolute Gasteiger partial charge is 0.0534 e. The maximum absolute atomic E-state index is 2.32. The molecule has 3 heteroatoms. The van der Waals surface area contributed by atoms with Crippen LogP contribution in [0.15, 0.2) is 273 Å². The highest BCUT2D eigenvalue weighted by Gasteiger charge is 2.16. The zero-order valence-corrected chi connectivity index (χ0v) is 36.9. The fourth-order valence-corrected chi connectivity index (χ4v) is 8.67. The van der Waals surface area contributed by atoms with Gasteiger partial charge in [0.15, 0.2) is 0 Å². The van der Waals surface area contributed by atoms with Gasteiger partial charge in [-0.15, -0.1) is 0 Å². The van der Waals surface area contributed by atoms with Gasteiger partial charge in [0.05, 0.1) is 5.52 Å². The highest BCUT2D eigenvalue weighted by Crippen LogP contribution is 2.39. The van der Waals surface area contributed by atoms with Gasteiger partial charge in [0.2, 0.25) is 0 Å². The molecule has 0 aliphatic rings. The van der Waals surface area contributed by atoms with Crippen LogP contribution in [0.25, 0.3) is 56.0 Å². The summed E-state index contributed by atoms with van der Waals surface area (Å²) in [7, 11) is 0. The van der Waals surface area contributed by atoms with E-state index in [1.807, 2.05) is 31.2 Å². The van der Waals surface area contributed by atoms with Crippen molar-refractivity contribution in [3.8, 4) is 39.1 Å². The molecule has 10 rings (SSSR count). The molecule has 0 radical (unpaired) electrons. The molecule has 1 heterocycles. The van der Waals surface area contributed by atoms with Crippen molar-refractivity contribution in [2.24, 2.45) is 0 Å². The van der Waals surface area contributed by atoms with Crippen molar-refractivity contribution < 1.29 is 0 Å². The summed E-state index contributed by atoms with van der Waals surface area (Å²) in [5.74, 6) is 0. The molecule has 0 amide bonds. The molecule has 0 spiro atoms. The van der Waals surface area contributed by atoms with Gasteiger partial charge in [0.25, 0.3) is 0 Å². The molecule has 0 aliphatic carbocycles. The van der Waals surface area contributed by atoms with E-state index in [-0.39, 0.29) is 0 Å². The average molecular weight is 848 g/mol. The third kappa shape index (κ3) is 8.92. The number of benzene rings is 9. The van der Waals surface area contributed by atoms with E-state index in [2.05, 4.69) is 269 Å². The number of para-hydroxylation sites is 3. The van der Waals surface area contributed by atoms with Gasteiger partial charge in [-0.3, -0.25) is 0 Å². The second-order valence-corrected chi connectivity index (χ2v) is 16.2. The van der Waals surface area contributed by atoms with Gasteiger partial charge in [-0.25, -0.2) is 0 Å². The van der Waals surface area contributed by atoms with E-state index >= 15 is 0 Å². The molecule has 0 unspecified atom stereocenters. The van der Waals surface area contributed by atoms with Crippen LogP contribution in [0.5, 0.6) is 0 Å². The number of fused-ring (bicyclic) bond motifs is 1. The molecule has 0 bridgehead atoms. The molecule has 0 saturated heterocycles. The fourth-order valence-electron chi connectivity index (χ4n) is 8.67. The maximum Gasteiger partial charge on any atom is 0.0534 e. The van der Waals surface area contributed by atoms with Crippen LogP contribution in [0.1, 0.15) is 12.5 Å². The lowest BCUT2D eigenvalue weighted by Crippen LogP contribution is -2.09. The monoisotopic (exact) mass is 847 g/mol. The molecule has 316 valence electrons. The van der Waals surface area contributed by atoms with E-state index in [0.717, 1.165) is 45.4 Å². The van der Waals surface area contributed by atoms with E-state index in [1.165, 1.54) is 44.3 Å². The Morgan fingerprint density at radius 2 is 0.742 bits per heavy atom. The number of rotatable bonds is 13. The highest BCUT2D eigenvalue weighted by molar-refractivity contribution is 5.97. The molecule has 9 aromatic carbocycles. The standard InChI is InChI=1S/C63H49N3/c1-2-3-4-5-9-17-48-26-38-57(39-27-48)65(55-20-12-7-13-21-55)58-40-32-51(33-41-58)49-28-30-50(31-29-49)52-34-42-59(43-35-52)66(56-22-14-8-15-23-56)60-44-36-53(37-45-60)61-24-16-25-63-62(61)46-47-64(63)54-18-10-6-11-19-54/h2-47H,1H3/b3-2-,5-4-,17-9+. The number of hydrogen-bond donors (Lipinski definition) is 0. The van der Waals surface area contributed by atoms with Crippen LogP contribution in [-0.2, 0) is 0 Å². The first-order valence-corrected chi connectivity index (χ1v) is 22.5. The van der Waals surface area contributed by atoms with Crippen molar-refractivity contribution in [3.05, 3.63) is 279 Å². The van der Waals surface area contributed by atoms with Gasteiger partial charge in [-0.05, 0) is 143 Å². The van der Waals surface area contributed by atoms with Crippen LogP contribution in [0, 0.1) is 0 Å². The molecule has 10 aromatic rings. The Labute approximate surface area is 388 Å². The Balaban J connectivity index is 0.869. The molecule has 0 fully saturated rings. The van der Waals surface area contributed by atoms with Crippen molar-refractivity contribution in [2.75, 3.05) is 9.80 Å². The number of nitrogens with zero attached hydrogens (tertiary/aromatic N) is 3. The molecule has 0 N–H and O–H groups in total. The van der Waals surface area contributed by atoms with Crippen molar-refractivity contribution in [3.63, 3.8) is 0 Å². The summed E-state index contributed by atoms with van der Waals surface area (Å²) in [5, 5.41) is 1.23. The first-order chi connectivity index (χ1) is 32.7. The minimum absolute atomic E-state index is 1.10.